The van der Waals surface area contributed by atoms with Crippen LogP contribution in [0.15, 0.2) is 12.3 Å². The Morgan fingerprint density at radius 3 is 2.82 bits per heavy atom. The van der Waals surface area contributed by atoms with Crippen LogP contribution in [0.1, 0.15) is 19.5 Å². The van der Waals surface area contributed by atoms with Gasteiger partial charge in [0.25, 0.3) is 0 Å². The van der Waals surface area contributed by atoms with Crippen LogP contribution < -0.4 is 4.74 Å². The summed E-state index contributed by atoms with van der Waals surface area (Å²) < 4.78 is 18.3. The number of piperazine rings is 1. The van der Waals surface area contributed by atoms with Crippen LogP contribution in [-0.2, 0) is 4.79 Å². The first-order valence-corrected chi connectivity index (χ1v) is 6.77. The first-order valence-electron chi connectivity index (χ1n) is 6.77. The Morgan fingerprint density at radius 2 is 2.23 bits per heavy atom. The molecule has 2 rings (SSSR count). The second kappa shape index (κ2) is 6.08. The fraction of sp³-hybridized carbons (Fsp3) is 0.429. The number of rotatable bonds is 3. The molecule has 0 bridgehead atoms. The number of ether oxygens (including phenoxy) is 1. The largest absolute Gasteiger partial charge is 0.494 e. The maximum Gasteiger partial charge on any atom is 0.210 e. The summed E-state index contributed by atoms with van der Waals surface area (Å²) in [6.07, 6.45) is 1.70. The molecule has 2 N–H and O–H groups in total. The second-order valence-electron chi connectivity index (χ2n) is 5.13. The van der Waals surface area contributed by atoms with E-state index >= 15 is 0 Å². The summed E-state index contributed by atoms with van der Waals surface area (Å²) in [4.78, 5) is 18.0. The van der Waals surface area contributed by atoms with E-state index in [-0.39, 0.29) is 29.2 Å². The van der Waals surface area contributed by atoms with Gasteiger partial charge in [0.05, 0.1) is 19.3 Å². The third-order valence-corrected chi connectivity index (χ3v) is 3.76. The number of pyridine rings is 1. The van der Waals surface area contributed by atoms with Gasteiger partial charge in [-0.1, -0.05) is 0 Å². The number of nitrogens with zero attached hydrogens (tertiary/aromatic N) is 3. The summed E-state index contributed by atoms with van der Waals surface area (Å²) in [6.45, 7) is 3.88. The molecule has 1 aliphatic heterocycles. The van der Waals surface area contributed by atoms with Gasteiger partial charge in [0.1, 0.15) is 11.5 Å². The zero-order chi connectivity index (χ0) is 16.4. The molecule has 0 radical (unpaired) electrons. The summed E-state index contributed by atoms with van der Waals surface area (Å²) >= 11 is 0. The van der Waals surface area contributed by atoms with Crippen molar-refractivity contribution in [1.82, 2.24) is 14.8 Å². The van der Waals surface area contributed by atoms with Crippen molar-refractivity contribution in [3.63, 3.8) is 0 Å². The van der Waals surface area contributed by atoms with E-state index in [1.54, 1.807) is 6.92 Å². The van der Waals surface area contributed by atoms with Gasteiger partial charge >= 0.3 is 0 Å². The van der Waals surface area contributed by atoms with Crippen LogP contribution >= 0.6 is 0 Å². The average molecular weight is 307 g/mol. The van der Waals surface area contributed by atoms with Gasteiger partial charge in [-0.3, -0.25) is 15.6 Å². The molecule has 1 amide bonds. The van der Waals surface area contributed by atoms with Crippen LogP contribution in [0.5, 0.6) is 5.75 Å². The van der Waals surface area contributed by atoms with Gasteiger partial charge in [-0.15, -0.1) is 0 Å². The molecule has 118 valence electrons. The van der Waals surface area contributed by atoms with Crippen molar-refractivity contribution in [3.05, 3.63) is 23.8 Å². The standard InChI is InChI=1S/C14H18FN5O2/c1-8-6-19(13(16)9(2)20(8)7-21)14(17)11-4-12(22-3)10(15)5-18-11/h4-5,7-9,16-17H,6H2,1-3H3. The summed E-state index contributed by atoms with van der Waals surface area (Å²) in [6, 6.07) is 0.736. The summed E-state index contributed by atoms with van der Waals surface area (Å²) in [5.41, 5.74) is 0.210. The van der Waals surface area contributed by atoms with Crippen molar-refractivity contribution in [2.75, 3.05) is 13.7 Å². The van der Waals surface area contributed by atoms with E-state index in [0.717, 1.165) is 6.20 Å². The number of carbonyl (C=O) groups is 1. The molecule has 7 nitrogen and oxygen atoms in total. The molecule has 1 fully saturated rings. The Labute approximate surface area is 127 Å². The van der Waals surface area contributed by atoms with Gasteiger partial charge in [-0.25, -0.2) is 9.37 Å². The van der Waals surface area contributed by atoms with Crippen molar-refractivity contribution >= 4 is 18.1 Å². The first kappa shape index (κ1) is 15.9. The van der Waals surface area contributed by atoms with Crippen LogP contribution in [0.3, 0.4) is 0 Å². The smallest absolute Gasteiger partial charge is 0.210 e. The monoisotopic (exact) mass is 307 g/mol. The fourth-order valence-corrected chi connectivity index (χ4v) is 2.46. The minimum atomic E-state index is -0.610. The summed E-state index contributed by atoms with van der Waals surface area (Å²) in [7, 11) is 1.33. The molecule has 0 aliphatic carbocycles. The van der Waals surface area contributed by atoms with Crippen molar-refractivity contribution in [2.24, 2.45) is 0 Å². The van der Waals surface area contributed by atoms with Crippen molar-refractivity contribution < 1.29 is 13.9 Å². The maximum atomic E-state index is 13.4. The molecule has 0 saturated carbocycles. The normalized spacial score (nSPS) is 21.7. The Bertz CT molecular complexity index is 621. The zero-order valence-electron chi connectivity index (χ0n) is 12.6. The highest BCUT2D eigenvalue weighted by molar-refractivity contribution is 6.08. The zero-order valence-corrected chi connectivity index (χ0v) is 12.6. The van der Waals surface area contributed by atoms with Crippen molar-refractivity contribution in [1.29, 1.82) is 10.8 Å². The summed E-state index contributed by atoms with van der Waals surface area (Å²) in [5.74, 6) is -0.511. The van der Waals surface area contributed by atoms with Crippen molar-refractivity contribution in [2.45, 2.75) is 25.9 Å². The number of amidine groups is 2. The molecule has 2 unspecified atom stereocenters. The van der Waals surface area contributed by atoms with E-state index in [0.29, 0.717) is 13.0 Å². The molecule has 1 aromatic heterocycles. The molecule has 8 heteroatoms. The fourth-order valence-electron chi connectivity index (χ4n) is 2.46. The minimum Gasteiger partial charge on any atom is -0.494 e. The van der Waals surface area contributed by atoms with E-state index in [4.69, 9.17) is 15.6 Å². The van der Waals surface area contributed by atoms with E-state index in [9.17, 15) is 9.18 Å². The number of amides is 1. The highest BCUT2D eigenvalue weighted by Crippen LogP contribution is 2.20. The van der Waals surface area contributed by atoms with E-state index in [1.807, 2.05) is 6.92 Å². The van der Waals surface area contributed by atoms with Crippen LogP contribution in [0.25, 0.3) is 0 Å². The van der Waals surface area contributed by atoms with E-state index in [1.165, 1.54) is 23.0 Å². The lowest BCUT2D eigenvalue weighted by Crippen LogP contribution is -2.60. The number of nitrogens with one attached hydrogen (secondary N) is 2. The quantitative estimate of drug-likeness (QED) is 0.496. The molecular weight excluding hydrogens is 289 g/mol. The molecule has 2 atom stereocenters. The number of hydrogen-bond donors (Lipinski definition) is 2. The number of aromatic nitrogens is 1. The van der Waals surface area contributed by atoms with Crippen LogP contribution in [0, 0.1) is 16.6 Å². The predicted octanol–water partition coefficient (Wildman–Crippen LogP) is 1.08. The SMILES string of the molecule is COc1cc(C(=N)N2CC(C)N(C=O)C(C)C2=N)ncc1F. The Balaban J connectivity index is 2.29. The predicted molar refractivity (Wildman–Crippen MR) is 78.8 cm³/mol. The topological polar surface area (TPSA) is 93.4 Å². The van der Waals surface area contributed by atoms with Gasteiger partial charge < -0.3 is 14.5 Å². The number of methoxy groups -OCH3 is 1. The van der Waals surface area contributed by atoms with Gasteiger partial charge in [-0.05, 0) is 13.8 Å². The molecule has 1 saturated heterocycles. The Kier molecular flexibility index (Phi) is 4.39. The van der Waals surface area contributed by atoms with Gasteiger partial charge in [-0.2, -0.15) is 0 Å². The first-order chi connectivity index (χ1) is 10.4. The van der Waals surface area contributed by atoms with Gasteiger partial charge in [0.15, 0.2) is 17.4 Å². The van der Waals surface area contributed by atoms with Crippen molar-refractivity contribution in [3.8, 4) is 5.75 Å². The van der Waals surface area contributed by atoms with E-state index in [2.05, 4.69) is 4.98 Å². The molecule has 0 spiro atoms. The number of halogens is 1. The molecule has 1 aromatic rings. The van der Waals surface area contributed by atoms with Crippen LogP contribution in [0.4, 0.5) is 4.39 Å². The molecule has 1 aliphatic rings. The van der Waals surface area contributed by atoms with E-state index < -0.39 is 11.9 Å². The molecule has 0 aromatic carbocycles. The summed E-state index contributed by atoms with van der Waals surface area (Å²) in [5, 5.41) is 16.4. The lowest BCUT2D eigenvalue weighted by atomic mass is 10.1. The minimum absolute atomic E-state index is 0.00564. The second-order valence-corrected chi connectivity index (χ2v) is 5.13. The van der Waals surface area contributed by atoms with Gasteiger partial charge in [0, 0.05) is 18.7 Å². The Morgan fingerprint density at radius 1 is 1.55 bits per heavy atom. The maximum absolute atomic E-state index is 13.4. The average Bonchev–Trinajstić information content (AvgIpc) is 2.51. The lowest BCUT2D eigenvalue weighted by molar-refractivity contribution is -0.121. The molecule has 22 heavy (non-hydrogen) atoms. The lowest BCUT2D eigenvalue weighted by Gasteiger charge is -2.43. The highest BCUT2D eigenvalue weighted by Gasteiger charge is 2.35. The number of carbonyl (C=O) groups excluding carboxylic acids is 1. The third kappa shape index (κ3) is 2.63. The van der Waals surface area contributed by atoms with Gasteiger partial charge in [0.2, 0.25) is 6.41 Å². The molecule has 2 heterocycles. The van der Waals surface area contributed by atoms with Crippen LogP contribution in [-0.4, -0.2) is 58.6 Å². The third-order valence-electron chi connectivity index (χ3n) is 3.76. The van der Waals surface area contributed by atoms with Crippen LogP contribution in [0.2, 0.25) is 0 Å². The Hall–Kier alpha value is -2.51. The molecular formula is C14H18FN5O2. The highest BCUT2D eigenvalue weighted by atomic mass is 19.1. The number of hydrogen-bond acceptors (Lipinski definition) is 5.